The Morgan fingerprint density at radius 3 is 2.50 bits per heavy atom. The van der Waals surface area contributed by atoms with Crippen molar-refractivity contribution in [3.63, 3.8) is 0 Å². The molecule has 0 spiro atoms. The zero-order chi connectivity index (χ0) is 27.9. The van der Waals surface area contributed by atoms with Crippen molar-refractivity contribution in [2.75, 3.05) is 13.1 Å². The molecular weight excluding hydrogens is 638 g/mol. The number of aliphatic hydroxyl groups excluding tert-OH is 1. The minimum Gasteiger partial charge on any atom is -0.412 e. The minimum atomic E-state index is -3.85. The maximum Gasteiger partial charge on any atom is 0.363 e. The monoisotopic (exact) mass is 667 g/mol. The average Bonchev–Trinajstić information content (AvgIpc) is 3.38. The molecule has 3 heterocycles. The summed E-state index contributed by atoms with van der Waals surface area (Å²) in [6.45, 7) is 3.89. The van der Waals surface area contributed by atoms with E-state index in [0.717, 1.165) is 24.3 Å². The first kappa shape index (κ1) is 33.8. The van der Waals surface area contributed by atoms with E-state index in [0.29, 0.717) is 17.9 Å². The van der Waals surface area contributed by atoms with Crippen LogP contribution in [-0.2, 0) is 24.5 Å². The number of rotatable bonds is 9. The van der Waals surface area contributed by atoms with Gasteiger partial charge in [0, 0.05) is 47.3 Å². The molecule has 4 rings (SSSR count). The molecule has 0 saturated carbocycles. The van der Waals surface area contributed by atoms with Gasteiger partial charge in [0.15, 0.2) is 0 Å². The topological polar surface area (TPSA) is 243 Å². The first-order valence-corrected chi connectivity index (χ1v) is 14.1. The second-order valence-electron chi connectivity index (χ2n) is 9.42. The van der Waals surface area contributed by atoms with Gasteiger partial charge in [0.25, 0.3) is 15.9 Å². The lowest BCUT2D eigenvalue weighted by Crippen LogP contribution is -2.63. The van der Waals surface area contributed by atoms with E-state index in [4.69, 9.17) is 9.88 Å². The number of ether oxygens (including phenoxy) is 1. The number of nitrogens with one attached hydrogen (secondary N) is 2. The molecule has 0 aliphatic carbocycles. The Hall–Kier alpha value is -2.45. The number of nitrogens with zero attached hydrogens (tertiary/aromatic N) is 2. The molecule has 6 atom stereocenters. The summed E-state index contributed by atoms with van der Waals surface area (Å²) in [5, 5.41) is 29.1. The summed E-state index contributed by atoms with van der Waals surface area (Å²) >= 11 is 1.33. The van der Waals surface area contributed by atoms with Gasteiger partial charge in [-0.15, -0.1) is 28.7 Å². The molecule has 18 heteroatoms. The van der Waals surface area contributed by atoms with Gasteiger partial charge in [0.1, 0.15) is 5.70 Å². The number of esters is 2. The first-order valence-electron chi connectivity index (χ1n) is 11.7. The normalized spacial score (nSPS) is 26.2. The van der Waals surface area contributed by atoms with E-state index in [2.05, 4.69) is 10.0 Å². The molecule has 1 amide bonds. The minimum absolute atomic E-state index is 0. The fourth-order valence-electron chi connectivity index (χ4n) is 5.00. The summed E-state index contributed by atoms with van der Waals surface area (Å²) in [7, 11) is -3.85. The van der Waals surface area contributed by atoms with Crippen LogP contribution in [0.3, 0.4) is 0 Å². The van der Waals surface area contributed by atoms with Crippen LogP contribution < -0.4 is 15.2 Å². The van der Waals surface area contributed by atoms with Crippen molar-refractivity contribution in [2.24, 2.45) is 17.0 Å². The van der Waals surface area contributed by atoms with Crippen molar-refractivity contribution in [3.05, 3.63) is 50.5 Å². The first-order chi connectivity index (χ1) is 17.8. The predicted octanol–water partition coefficient (Wildman–Crippen LogP) is -0.643. The van der Waals surface area contributed by atoms with E-state index in [1.54, 1.807) is 0 Å². The highest BCUT2D eigenvalue weighted by atomic mass is 79.9. The van der Waals surface area contributed by atoms with Crippen molar-refractivity contribution in [1.82, 2.24) is 14.9 Å². The van der Waals surface area contributed by atoms with Gasteiger partial charge in [-0.05, 0) is 25.5 Å². The van der Waals surface area contributed by atoms with Gasteiger partial charge in [-0.25, -0.2) is 19.5 Å². The number of carbonyl (C=O) groups excluding carboxylic acids is 3. The smallest absolute Gasteiger partial charge is 0.363 e. The molecular formula is C22H30BrN5O10S2. The van der Waals surface area contributed by atoms with Gasteiger partial charge >= 0.3 is 11.9 Å². The lowest BCUT2D eigenvalue weighted by atomic mass is 9.79. The number of carbonyl (C=O) groups is 3. The van der Waals surface area contributed by atoms with Crippen LogP contribution in [0, 0.1) is 22.0 Å². The number of thioether (sulfide) groups is 1. The van der Waals surface area contributed by atoms with Crippen LogP contribution in [0.4, 0.5) is 5.69 Å². The second-order valence-corrected chi connectivity index (χ2v) is 12.1. The van der Waals surface area contributed by atoms with E-state index in [-0.39, 0.29) is 63.2 Å². The Balaban J connectivity index is 0.00000280. The standard InChI is InChI=1S/C22H27N5O9S2.BrH.H2O/c1-10-17-16(11(2)28)20(29)26(17)18(19(10)37-15-7-13(24-9-15)8-25-38(23,34)35)22(31)36-21(30)12-3-5-14(6-4-12)27(32)33;;/h3-6,10-11,13,15-17,24-25,28H,7-9H2,1-2H3,(H2,23,34,35);1H;1H2/t10-,11-,13+,15+,16-,17-;;/m1../s1. The Morgan fingerprint density at radius 1 is 1.32 bits per heavy atom. The van der Waals surface area contributed by atoms with Gasteiger partial charge in [-0.1, -0.05) is 6.92 Å². The number of β-lactam (4-membered cyclic amide) rings is 1. The number of aliphatic hydroxyl groups is 1. The average molecular weight is 669 g/mol. The van der Waals surface area contributed by atoms with Crippen molar-refractivity contribution < 1.29 is 43.0 Å². The van der Waals surface area contributed by atoms with Crippen molar-refractivity contribution in [3.8, 4) is 0 Å². The van der Waals surface area contributed by atoms with Crippen molar-refractivity contribution >= 4 is 62.5 Å². The third-order valence-corrected chi connectivity index (χ3v) is 8.89. The van der Waals surface area contributed by atoms with E-state index in [1.807, 2.05) is 6.92 Å². The third-order valence-electron chi connectivity index (χ3n) is 6.81. The molecule has 15 nitrogen and oxygen atoms in total. The van der Waals surface area contributed by atoms with E-state index < -0.39 is 51.0 Å². The van der Waals surface area contributed by atoms with Crippen LogP contribution >= 0.6 is 28.7 Å². The Bertz CT molecular complexity index is 1310. The van der Waals surface area contributed by atoms with E-state index in [1.165, 1.54) is 23.6 Å². The number of fused-ring (bicyclic) bond motifs is 1. The molecule has 1 aromatic carbocycles. The van der Waals surface area contributed by atoms with Gasteiger partial charge in [0.05, 0.1) is 28.6 Å². The second kappa shape index (κ2) is 13.0. The number of benzene rings is 1. The number of nitrogens with two attached hydrogens (primary N) is 1. The molecule has 0 radical (unpaired) electrons. The summed E-state index contributed by atoms with van der Waals surface area (Å²) in [5.74, 6) is -3.59. The summed E-state index contributed by atoms with van der Waals surface area (Å²) in [6, 6.07) is 3.85. The number of hydrogen-bond donors (Lipinski definition) is 4. The Labute approximate surface area is 244 Å². The maximum atomic E-state index is 13.2. The summed E-state index contributed by atoms with van der Waals surface area (Å²) < 4.78 is 29.7. The maximum absolute atomic E-state index is 13.2. The zero-order valence-electron chi connectivity index (χ0n) is 21.3. The van der Waals surface area contributed by atoms with Gasteiger partial charge in [-0.3, -0.25) is 14.9 Å². The lowest BCUT2D eigenvalue weighted by Gasteiger charge is -2.46. The number of amides is 1. The van der Waals surface area contributed by atoms with Gasteiger partial charge < -0.3 is 25.5 Å². The molecule has 7 N–H and O–H groups in total. The molecule has 222 valence electrons. The Kier molecular flexibility index (Phi) is 11.0. The van der Waals surface area contributed by atoms with Crippen LogP contribution in [0.2, 0.25) is 0 Å². The highest BCUT2D eigenvalue weighted by molar-refractivity contribution is 8.93. The van der Waals surface area contributed by atoms with Gasteiger partial charge in [0.2, 0.25) is 5.91 Å². The molecule has 3 aliphatic rings. The highest BCUT2D eigenvalue weighted by Crippen LogP contribution is 2.52. The molecule has 40 heavy (non-hydrogen) atoms. The number of hydrogen-bond acceptors (Lipinski definition) is 11. The molecule has 0 aromatic heterocycles. The number of nitro groups is 1. The molecule has 2 fully saturated rings. The molecule has 0 bridgehead atoms. The van der Waals surface area contributed by atoms with Crippen molar-refractivity contribution in [1.29, 1.82) is 0 Å². The van der Waals surface area contributed by atoms with Crippen molar-refractivity contribution in [2.45, 2.75) is 43.7 Å². The molecule has 3 aliphatic heterocycles. The van der Waals surface area contributed by atoms with Crippen LogP contribution in [0.15, 0.2) is 34.9 Å². The van der Waals surface area contributed by atoms with Crippen LogP contribution in [0.1, 0.15) is 30.6 Å². The predicted molar refractivity (Wildman–Crippen MR) is 148 cm³/mol. The van der Waals surface area contributed by atoms with E-state index >= 15 is 0 Å². The number of halogens is 1. The SMILES string of the molecule is Br.C[C@@H](O)[C@H]1C(=O)N2C(C(=O)OC(=O)c3ccc([N+](=O)[O-])cc3)=C(S[C@@H]3CN[C@H](CNS(N)(=O)=O)C3)[C@H](C)[C@H]12.O. The third kappa shape index (κ3) is 6.88. The van der Waals surface area contributed by atoms with Crippen LogP contribution in [-0.4, -0.2) is 83.2 Å². The molecule has 0 unspecified atom stereocenters. The van der Waals surface area contributed by atoms with E-state index in [9.17, 15) is 38.0 Å². The molecule has 1 aromatic rings. The summed E-state index contributed by atoms with van der Waals surface area (Å²) in [5.41, 5.74) is -0.390. The zero-order valence-corrected chi connectivity index (χ0v) is 24.7. The molecule has 2 saturated heterocycles. The summed E-state index contributed by atoms with van der Waals surface area (Å²) in [4.78, 5) is 50.8. The fraction of sp³-hybridized carbons (Fsp3) is 0.500. The number of nitro benzene ring substituents is 1. The fourth-order valence-corrected chi connectivity index (χ4v) is 6.95. The van der Waals surface area contributed by atoms with Gasteiger partial charge in [-0.2, -0.15) is 8.42 Å². The quantitative estimate of drug-likeness (QED) is 0.0848. The summed E-state index contributed by atoms with van der Waals surface area (Å²) in [6.07, 6.45) is -0.414. The largest absolute Gasteiger partial charge is 0.412 e. The Morgan fingerprint density at radius 2 is 1.95 bits per heavy atom. The highest BCUT2D eigenvalue weighted by Gasteiger charge is 2.60. The van der Waals surface area contributed by atoms with Crippen LogP contribution in [0.5, 0.6) is 0 Å². The number of non-ortho nitro benzene ring substituents is 1. The lowest BCUT2D eigenvalue weighted by molar-refractivity contribution is -0.384. The van der Waals surface area contributed by atoms with Crippen LogP contribution in [0.25, 0.3) is 0 Å².